The van der Waals surface area contributed by atoms with Crippen LogP contribution in [-0.2, 0) is 14.3 Å². The van der Waals surface area contributed by atoms with Gasteiger partial charge < -0.3 is 15.0 Å². The molecule has 1 spiro atoms. The van der Waals surface area contributed by atoms with Gasteiger partial charge in [-0.1, -0.05) is 0 Å². The number of ether oxygens (including phenoxy) is 1. The van der Waals surface area contributed by atoms with Crippen molar-refractivity contribution < 1.29 is 15.8 Å². The van der Waals surface area contributed by atoms with Gasteiger partial charge in [0.25, 0.3) is 0 Å². The van der Waals surface area contributed by atoms with Crippen LogP contribution in [0.2, 0.25) is 0 Å². The third kappa shape index (κ3) is 5.85. The number of ketones is 1. The van der Waals surface area contributed by atoms with Gasteiger partial charge in [-0.15, -0.1) is 0 Å². The normalized spacial score (nSPS) is 21.8. The average molecular weight is 341 g/mol. The fourth-order valence-corrected chi connectivity index (χ4v) is 4.07. The minimum Gasteiger partial charge on any atom is -0.380 e. The smallest absolute Gasteiger partial charge is 0.223 e. The molecule has 1 saturated carbocycles. The molecule has 0 radical (unpaired) electrons. The van der Waals surface area contributed by atoms with E-state index >= 15 is 0 Å². The van der Waals surface area contributed by atoms with E-state index < -0.39 is 0 Å². The van der Waals surface area contributed by atoms with Crippen LogP contribution in [0.5, 0.6) is 0 Å². The van der Waals surface area contributed by atoms with E-state index in [9.17, 15) is 9.59 Å². The highest BCUT2D eigenvalue weighted by molar-refractivity contribution is 5.78. The molecule has 1 saturated heterocycles. The molecule has 5 heteroatoms. The Morgan fingerprint density at radius 3 is 2.42 bits per heavy atom. The third-order valence-corrected chi connectivity index (χ3v) is 5.84. The lowest BCUT2D eigenvalue weighted by Gasteiger charge is -2.45. The van der Waals surface area contributed by atoms with Gasteiger partial charge in [0.2, 0.25) is 5.91 Å². The monoisotopic (exact) mass is 340 g/mol. The standard InChI is InChI=1S/C19H34N2O3.H2/c1-3-20-18(23)17-4-7-19(8-5-17)9-11-21(12-10-19)13-15-24-14-6-16(2)22;/h17H,3-15H2,1-2H3,(H,20,23);1H. The Labute approximate surface area is 148 Å². The molecular weight excluding hydrogens is 304 g/mol. The Morgan fingerprint density at radius 2 is 1.83 bits per heavy atom. The summed E-state index contributed by atoms with van der Waals surface area (Å²) in [6.45, 7) is 8.85. The second kappa shape index (κ2) is 9.52. The molecule has 2 aliphatic rings. The van der Waals surface area contributed by atoms with Crippen molar-refractivity contribution in [3.05, 3.63) is 0 Å². The van der Waals surface area contributed by atoms with Gasteiger partial charge in [0, 0.05) is 26.9 Å². The van der Waals surface area contributed by atoms with Gasteiger partial charge >= 0.3 is 0 Å². The number of likely N-dealkylation sites (tertiary alicyclic amines) is 1. The van der Waals surface area contributed by atoms with Gasteiger partial charge in [-0.2, -0.15) is 0 Å². The molecule has 140 valence electrons. The van der Waals surface area contributed by atoms with Gasteiger partial charge in [0.15, 0.2) is 0 Å². The topological polar surface area (TPSA) is 58.6 Å². The molecule has 1 amide bonds. The van der Waals surface area contributed by atoms with Crippen molar-refractivity contribution in [1.82, 2.24) is 10.2 Å². The maximum atomic E-state index is 12.0. The van der Waals surface area contributed by atoms with E-state index in [1.165, 1.54) is 25.7 Å². The molecule has 0 atom stereocenters. The highest BCUT2D eigenvalue weighted by Crippen LogP contribution is 2.46. The van der Waals surface area contributed by atoms with Gasteiger partial charge in [0.05, 0.1) is 13.2 Å². The zero-order chi connectivity index (χ0) is 17.4. The van der Waals surface area contributed by atoms with Gasteiger partial charge in [0.1, 0.15) is 5.78 Å². The third-order valence-electron chi connectivity index (χ3n) is 5.84. The quantitative estimate of drug-likeness (QED) is 0.690. The largest absolute Gasteiger partial charge is 0.380 e. The van der Waals surface area contributed by atoms with Crippen LogP contribution in [0.15, 0.2) is 0 Å². The fraction of sp³-hybridized carbons (Fsp3) is 0.895. The van der Waals surface area contributed by atoms with Crippen LogP contribution in [-0.4, -0.2) is 56.0 Å². The molecule has 24 heavy (non-hydrogen) atoms. The van der Waals surface area contributed by atoms with Crippen LogP contribution in [0.4, 0.5) is 0 Å². The molecule has 0 bridgehead atoms. The molecular formula is C19H36N2O3. The van der Waals surface area contributed by atoms with Gasteiger partial charge in [-0.25, -0.2) is 0 Å². The van der Waals surface area contributed by atoms with Crippen LogP contribution < -0.4 is 5.32 Å². The first-order valence-corrected chi connectivity index (χ1v) is 9.62. The second-order valence-electron chi connectivity index (χ2n) is 7.57. The van der Waals surface area contributed by atoms with E-state index in [2.05, 4.69) is 10.2 Å². The molecule has 5 nitrogen and oxygen atoms in total. The van der Waals surface area contributed by atoms with Crippen LogP contribution in [0.25, 0.3) is 0 Å². The lowest BCUT2D eigenvalue weighted by atomic mass is 9.65. The molecule has 1 aliphatic heterocycles. The summed E-state index contributed by atoms with van der Waals surface area (Å²) in [5.41, 5.74) is 0.481. The molecule has 2 fully saturated rings. The number of nitrogens with one attached hydrogen (secondary N) is 1. The van der Waals surface area contributed by atoms with Gasteiger partial charge in [-0.05, 0) is 70.9 Å². The predicted molar refractivity (Wildman–Crippen MR) is 97.0 cm³/mol. The fourth-order valence-electron chi connectivity index (χ4n) is 4.07. The summed E-state index contributed by atoms with van der Waals surface area (Å²) in [6.07, 6.45) is 7.55. The number of carbonyl (C=O) groups excluding carboxylic acids is 2. The van der Waals surface area contributed by atoms with Crippen molar-refractivity contribution in [2.24, 2.45) is 11.3 Å². The molecule has 0 aromatic carbocycles. The number of carbonyl (C=O) groups is 2. The van der Waals surface area contributed by atoms with E-state index in [0.717, 1.165) is 45.6 Å². The Bertz CT molecular complexity index is 413. The van der Waals surface area contributed by atoms with Crippen molar-refractivity contribution in [2.75, 3.05) is 39.4 Å². The molecule has 0 unspecified atom stereocenters. The summed E-state index contributed by atoms with van der Waals surface area (Å²) < 4.78 is 5.54. The van der Waals surface area contributed by atoms with Crippen molar-refractivity contribution >= 4 is 11.7 Å². The van der Waals surface area contributed by atoms with Crippen molar-refractivity contribution in [3.8, 4) is 0 Å². The first-order chi connectivity index (χ1) is 11.5. The number of piperidine rings is 1. The van der Waals surface area contributed by atoms with E-state index in [4.69, 9.17) is 4.74 Å². The van der Waals surface area contributed by atoms with Gasteiger partial charge in [-0.3, -0.25) is 9.59 Å². The molecule has 1 N–H and O–H groups in total. The maximum Gasteiger partial charge on any atom is 0.223 e. The zero-order valence-corrected chi connectivity index (χ0v) is 15.4. The number of hydrogen-bond donors (Lipinski definition) is 1. The van der Waals surface area contributed by atoms with Crippen LogP contribution in [0.3, 0.4) is 0 Å². The predicted octanol–water partition coefficient (Wildman–Crippen LogP) is 2.64. The maximum absolute atomic E-state index is 12.0. The number of amides is 1. The summed E-state index contributed by atoms with van der Waals surface area (Å²) in [5.74, 6) is 0.689. The Balaban J connectivity index is 0.00000312. The van der Waals surface area contributed by atoms with Crippen molar-refractivity contribution in [2.45, 2.75) is 58.8 Å². The highest BCUT2D eigenvalue weighted by atomic mass is 16.5. The Kier molecular flexibility index (Phi) is 7.69. The number of Topliss-reactive ketones (excluding diaryl/α,β-unsaturated/α-hetero) is 1. The lowest BCUT2D eigenvalue weighted by molar-refractivity contribution is -0.127. The van der Waals surface area contributed by atoms with E-state index in [1.54, 1.807) is 6.92 Å². The van der Waals surface area contributed by atoms with Crippen LogP contribution >= 0.6 is 0 Å². The van der Waals surface area contributed by atoms with Crippen LogP contribution in [0, 0.1) is 11.3 Å². The van der Waals surface area contributed by atoms with Crippen LogP contribution in [0.1, 0.15) is 60.2 Å². The zero-order valence-electron chi connectivity index (χ0n) is 15.4. The SMILES string of the molecule is CCNC(=O)C1CCC2(CC1)CCN(CCOCCC(C)=O)CC2.[HH]. The Morgan fingerprint density at radius 1 is 1.17 bits per heavy atom. The summed E-state index contributed by atoms with van der Waals surface area (Å²) in [6, 6.07) is 0. The van der Waals surface area contributed by atoms with Crippen molar-refractivity contribution in [1.29, 1.82) is 0 Å². The number of rotatable bonds is 8. The molecule has 1 heterocycles. The van der Waals surface area contributed by atoms with E-state index in [1.807, 2.05) is 6.92 Å². The first-order valence-electron chi connectivity index (χ1n) is 9.62. The number of hydrogen-bond acceptors (Lipinski definition) is 4. The highest BCUT2D eigenvalue weighted by Gasteiger charge is 2.39. The first kappa shape index (κ1) is 19.4. The molecule has 2 rings (SSSR count). The lowest BCUT2D eigenvalue weighted by Crippen LogP contribution is -2.44. The molecule has 0 aromatic heterocycles. The summed E-state index contributed by atoms with van der Waals surface area (Å²) >= 11 is 0. The molecule has 0 aromatic rings. The second-order valence-corrected chi connectivity index (χ2v) is 7.57. The average Bonchev–Trinajstić information content (AvgIpc) is 2.57. The summed E-state index contributed by atoms with van der Waals surface area (Å²) in [7, 11) is 0. The van der Waals surface area contributed by atoms with E-state index in [-0.39, 0.29) is 19.0 Å². The Hall–Kier alpha value is -0.940. The summed E-state index contributed by atoms with van der Waals surface area (Å²) in [4.78, 5) is 25.3. The summed E-state index contributed by atoms with van der Waals surface area (Å²) in [5, 5.41) is 2.97. The molecule has 1 aliphatic carbocycles. The van der Waals surface area contributed by atoms with Crippen molar-refractivity contribution in [3.63, 3.8) is 0 Å². The van der Waals surface area contributed by atoms with E-state index in [0.29, 0.717) is 18.4 Å². The number of nitrogens with zero attached hydrogens (tertiary/aromatic N) is 1. The minimum absolute atomic E-state index is 0. The minimum atomic E-state index is 0.